The van der Waals surface area contributed by atoms with Crippen LogP contribution in [0.15, 0.2) is 27.6 Å². The average molecular weight is 307 g/mol. The van der Waals surface area contributed by atoms with Crippen LogP contribution in [0.1, 0.15) is 6.92 Å². The van der Waals surface area contributed by atoms with Gasteiger partial charge >= 0.3 is 0 Å². The Morgan fingerprint density at radius 1 is 1.38 bits per heavy atom. The van der Waals surface area contributed by atoms with Gasteiger partial charge in [0.1, 0.15) is 0 Å². The molecule has 5 nitrogen and oxygen atoms in total. The van der Waals surface area contributed by atoms with Crippen LogP contribution in [-0.4, -0.2) is 21.4 Å². The highest BCUT2D eigenvalue weighted by atomic mass is 79.9. The van der Waals surface area contributed by atoms with Gasteiger partial charge < -0.3 is 5.32 Å². The highest BCUT2D eigenvalue weighted by Gasteiger charge is 2.13. The summed E-state index contributed by atoms with van der Waals surface area (Å²) in [7, 11) is -2.12. The molecule has 2 N–H and O–H groups in total. The zero-order valence-corrected chi connectivity index (χ0v) is 11.1. The molecular formula is C9H11BrN2O3S. The number of hydrogen-bond acceptors (Lipinski definition) is 3. The maximum Gasteiger partial charge on any atom is 0.240 e. The highest BCUT2D eigenvalue weighted by molar-refractivity contribution is 9.10. The molecule has 0 atom stereocenters. The van der Waals surface area contributed by atoms with E-state index in [1.165, 1.54) is 32.2 Å². The number of hydrogen-bond donors (Lipinski definition) is 2. The number of sulfonamides is 1. The van der Waals surface area contributed by atoms with Crippen molar-refractivity contribution in [1.29, 1.82) is 0 Å². The lowest BCUT2D eigenvalue weighted by atomic mass is 10.3. The summed E-state index contributed by atoms with van der Waals surface area (Å²) in [5, 5.41) is 2.57. The van der Waals surface area contributed by atoms with Crippen LogP contribution >= 0.6 is 15.9 Å². The Bertz CT molecular complexity index is 513. The number of benzene rings is 1. The van der Waals surface area contributed by atoms with Crippen molar-refractivity contribution >= 4 is 37.5 Å². The van der Waals surface area contributed by atoms with E-state index >= 15 is 0 Å². The minimum atomic E-state index is -3.46. The largest absolute Gasteiger partial charge is 0.325 e. The lowest BCUT2D eigenvalue weighted by Crippen LogP contribution is -2.18. The first-order valence-corrected chi connectivity index (χ1v) is 6.65. The molecule has 0 saturated carbocycles. The highest BCUT2D eigenvalue weighted by Crippen LogP contribution is 2.25. The van der Waals surface area contributed by atoms with Crippen molar-refractivity contribution in [2.45, 2.75) is 11.8 Å². The predicted octanol–water partition coefficient (Wildman–Crippen LogP) is 1.32. The summed E-state index contributed by atoms with van der Waals surface area (Å²) in [6, 6.07) is 4.37. The van der Waals surface area contributed by atoms with E-state index < -0.39 is 10.0 Å². The number of amides is 1. The normalized spacial score (nSPS) is 11.2. The van der Waals surface area contributed by atoms with Gasteiger partial charge in [0.15, 0.2) is 0 Å². The van der Waals surface area contributed by atoms with E-state index in [-0.39, 0.29) is 10.8 Å². The second kappa shape index (κ2) is 4.94. The van der Waals surface area contributed by atoms with Crippen LogP contribution in [0.25, 0.3) is 0 Å². The molecule has 0 unspecified atom stereocenters. The molecule has 0 fully saturated rings. The first-order valence-electron chi connectivity index (χ1n) is 4.37. The van der Waals surface area contributed by atoms with Crippen molar-refractivity contribution in [3.05, 3.63) is 22.7 Å². The number of halogens is 1. The Hall–Kier alpha value is -0.920. The van der Waals surface area contributed by atoms with E-state index in [0.29, 0.717) is 10.2 Å². The number of nitrogens with one attached hydrogen (secondary N) is 2. The van der Waals surface area contributed by atoms with Crippen molar-refractivity contribution < 1.29 is 13.2 Å². The Balaban J connectivity index is 3.14. The monoisotopic (exact) mass is 306 g/mol. The summed E-state index contributed by atoms with van der Waals surface area (Å²) in [6.45, 7) is 1.38. The number of anilines is 1. The minimum Gasteiger partial charge on any atom is -0.325 e. The molecule has 7 heteroatoms. The molecule has 0 saturated heterocycles. The Labute approximate surface area is 102 Å². The van der Waals surface area contributed by atoms with E-state index in [4.69, 9.17) is 0 Å². The Kier molecular flexibility index (Phi) is 4.06. The van der Waals surface area contributed by atoms with Crippen molar-refractivity contribution in [3.8, 4) is 0 Å². The lowest BCUT2D eigenvalue weighted by molar-refractivity contribution is -0.114. The van der Waals surface area contributed by atoms with Crippen molar-refractivity contribution in [2.24, 2.45) is 0 Å². The second-order valence-corrected chi connectivity index (χ2v) is 5.77. The zero-order chi connectivity index (χ0) is 12.3. The fourth-order valence-electron chi connectivity index (χ4n) is 1.07. The molecule has 0 aliphatic heterocycles. The fourth-order valence-corrected chi connectivity index (χ4v) is 2.46. The molecule has 0 aliphatic carbocycles. The maximum atomic E-state index is 11.5. The van der Waals surface area contributed by atoms with E-state index in [1.54, 1.807) is 0 Å². The lowest BCUT2D eigenvalue weighted by Gasteiger charge is -2.07. The van der Waals surface area contributed by atoms with E-state index in [2.05, 4.69) is 26.0 Å². The van der Waals surface area contributed by atoms with Crippen LogP contribution < -0.4 is 10.0 Å². The van der Waals surface area contributed by atoms with Gasteiger partial charge in [-0.2, -0.15) is 0 Å². The van der Waals surface area contributed by atoms with Gasteiger partial charge in [0.05, 0.1) is 10.6 Å². The van der Waals surface area contributed by atoms with Gasteiger partial charge in [-0.15, -0.1) is 0 Å². The third-order valence-electron chi connectivity index (χ3n) is 1.83. The molecule has 0 heterocycles. The summed E-state index contributed by atoms with van der Waals surface area (Å²) in [5.41, 5.74) is 0.530. The molecule has 0 radical (unpaired) electrons. The van der Waals surface area contributed by atoms with Crippen LogP contribution in [0, 0.1) is 0 Å². The first kappa shape index (κ1) is 13.1. The third-order valence-corrected chi connectivity index (χ3v) is 3.90. The summed E-state index contributed by atoms with van der Waals surface area (Å²) >= 11 is 3.19. The first-order chi connectivity index (χ1) is 7.36. The van der Waals surface area contributed by atoms with Gasteiger partial charge in [0.2, 0.25) is 15.9 Å². The van der Waals surface area contributed by atoms with Crippen molar-refractivity contribution in [2.75, 3.05) is 12.4 Å². The molecule has 0 spiro atoms. The van der Waals surface area contributed by atoms with Gasteiger partial charge in [0.25, 0.3) is 0 Å². The van der Waals surface area contributed by atoms with Gasteiger partial charge in [0, 0.05) is 11.4 Å². The third kappa shape index (κ3) is 3.03. The van der Waals surface area contributed by atoms with E-state index in [1.807, 2.05) is 0 Å². The quantitative estimate of drug-likeness (QED) is 0.884. The SMILES string of the molecule is CNS(=O)(=O)c1ccc(NC(C)=O)c(Br)c1. The minimum absolute atomic E-state index is 0.135. The van der Waals surface area contributed by atoms with Crippen LogP contribution in [0.5, 0.6) is 0 Å². The number of rotatable bonds is 3. The maximum absolute atomic E-state index is 11.5. The van der Waals surface area contributed by atoms with Crippen LogP contribution in [0.3, 0.4) is 0 Å². The molecule has 0 aromatic heterocycles. The molecule has 16 heavy (non-hydrogen) atoms. The van der Waals surface area contributed by atoms with Gasteiger partial charge in [-0.25, -0.2) is 13.1 Å². The Morgan fingerprint density at radius 3 is 2.44 bits per heavy atom. The molecule has 0 bridgehead atoms. The molecule has 1 aromatic rings. The van der Waals surface area contributed by atoms with Crippen LogP contribution in [0.4, 0.5) is 5.69 Å². The summed E-state index contributed by atoms with van der Waals surface area (Å²) in [5.74, 6) is -0.218. The standard InChI is InChI=1S/C9H11BrN2O3S/c1-6(13)12-9-4-3-7(5-8(9)10)16(14,15)11-2/h3-5,11H,1-2H3,(H,12,13). The number of carbonyl (C=O) groups is 1. The molecular weight excluding hydrogens is 296 g/mol. The van der Waals surface area contributed by atoms with Crippen LogP contribution in [0.2, 0.25) is 0 Å². The summed E-state index contributed by atoms with van der Waals surface area (Å²) in [4.78, 5) is 11.0. The van der Waals surface area contributed by atoms with Gasteiger partial charge in [-0.1, -0.05) is 0 Å². The summed E-state index contributed by atoms with van der Waals surface area (Å²) < 4.78 is 25.7. The average Bonchev–Trinajstić information content (AvgIpc) is 2.20. The Morgan fingerprint density at radius 2 is 2.00 bits per heavy atom. The topological polar surface area (TPSA) is 75.3 Å². The van der Waals surface area contributed by atoms with Crippen molar-refractivity contribution in [3.63, 3.8) is 0 Å². The van der Waals surface area contributed by atoms with Crippen LogP contribution in [-0.2, 0) is 14.8 Å². The molecule has 1 aromatic carbocycles. The molecule has 88 valence electrons. The molecule has 1 amide bonds. The number of carbonyl (C=O) groups excluding carboxylic acids is 1. The van der Waals surface area contributed by atoms with Gasteiger partial charge in [-0.05, 0) is 41.2 Å². The second-order valence-electron chi connectivity index (χ2n) is 3.03. The van der Waals surface area contributed by atoms with E-state index in [9.17, 15) is 13.2 Å². The predicted molar refractivity (Wildman–Crippen MR) is 64.7 cm³/mol. The zero-order valence-electron chi connectivity index (χ0n) is 8.74. The van der Waals surface area contributed by atoms with Crippen molar-refractivity contribution in [1.82, 2.24) is 4.72 Å². The smallest absolute Gasteiger partial charge is 0.240 e. The fraction of sp³-hybridized carbons (Fsp3) is 0.222. The molecule has 0 aliphatic rings. The van der Waals surface area contributed by atoms with E-state index in [0.717, 1.165) is 0 Å². The molecule has 1 rings (SSSR count). The van der Waals surface area contributed by atoms with Gasteiger partial charge in [-0.3, -0.25) is 4.79 Å². The summed E-state index contributed by atoms with van der Waals surface area (Å²) in [6.07, 6.45) is 0.